The number of aliphatic carboxylic acids is 1. The molecule has 2 atom stereocenters. The van der Waals surface area contributed by atoms with Crippen LogP contribution in [0.15, 0.2) is 48.5 Å². The Bertz CT molecular complexity index is 783. The molecule has 1 amide bonds. The monoisotopic (exact) mass is 369 g/mol. The zero-order valence-electron chi connectivity index (χ0n) is 16.2. The first kappa shape index (κ1) is 20.5. The minimum absolute atomic E-state index is 0.000492. The van der Waals surface area contributed by atoms with Gasteiger partial charge in [0.25, 0.3) is 5.91 Å². The predicted molar refractivity (Wildman–Crippen MR) is 106 cm³/mol. The van der Waals surface area contributed by atoms with Crippen LogP contribution in [-0.4, -0.2) is 23.1 Å². The van der Waals surface area contributed by atoms with Gasteiger partial charge in [-0.1, -0.05) is 51.1 Å². The van der Waals surface area contributed by atoms with E-state index in [9.17, 15) is 9.59 Å². The number of para-hydroxylation sites is 1. The van der Waals surface area contributed by atoms with Crippen molar-refractivity contribution in [3.05, 3.63) is 59.7 Å². The third kappa shape index (κ3) is 5.84. The van der Waals surface area contributed by atoms with E-state index in [2.05, 4.69) is 5.32 Å². The van der Waals surface area contributed by atoms with Crippen LogP contribution in [0.5, 0.6) is 5.75 Å². The number of carboxylic acid groups (broad SMARTS) is 1. The summed E-state index contributed by atoms with van der Waals surface area (Å²) in [6, 6.07) is 14.9. The number of anilines is 1. The summed E-state index contributed by atoms with van der Waals surface area (Å²) in [6.45, 7) is 7.70. The number of amides is 1. The number of hydrogen-bond acceptors (Lipinski definition) is 3. The summed E-state index contributed by atoms with van der Waals surface area (Å²) in [5.41, 5.74) is 2.56. The van der Waals surface area contributed by atoms with Gasteiger partial charge in [0, 0.05) is 5.69 Å². The molecule has 0 radical (unpaired) electrons. The zero-order valence-corrected chi connectivity index (χ0v) is 16.2. The Morgan fingerprint density at radius 1 is 1.04 bits per heavy atom. The van der Waals surface area contributed by atoms with Crippen LogP contribution in [0.1, 0.15) is 44.2 Å². The van der Waals surface area contributed by atoms with E-state index in [1.165, 1.54) is 0 Å². The molecule has 2 N–H and O–H groups in total. The van der Waals surface area contributed by atoms with Crippen molar-refractivity contribution in [2.24, 2.45) is 5.92 Å². The number of carboxylic acids is 1. The second-order valence-electron chi connectivity index (χ2n) is 7.16. The second kappa shape index (κ2) is 9.21. The van der Waals surface area contributed by atoms with Crippen LogP contribution < -0.4 is 10.1 Å². The number of ether oxygens (including phenoxy) is 1. The molecule has 144 valence electrons. The van der Waals surface area contributed by atoms with Crippen molar-refractivity contribution in [2.45, 2.75) is 46.1 Å². The van der Waals surface area contributed by atoms with Crippen molar-refractivity contribution < 1.29 is 19.4 Å². The van der Waals surface area contributed by atoms with E-state index < -0.39 is 12.1 Å². The normalized spacial score (nSPS) is 13.1. The number of carbonyl (C=O) groups is 2. The van der Waals surface area contributed by atoms with E-state index in [1.54, 1.807) is 12.1 Å². The molecule has 2 unspecified atom stereocenters. The quantitative estimate of drug-likeness (QED) is 0.712. The van der Waals surface area contributed by atoms with Crippen LogP contribution in [0.25, 0.3) is 0 Å². The van der Waals surface area contributed by atoms with Gasteiger partial charge < -0.3 is 15.2 Å². The second-order valence-corrected chi connectivity index (χ2v) is 7.16. The van der Waals surface area contributed by atoms with Gasteiger partial charge in [-0.3, -0.25) is 9.59 Å². The molecule has 2 aromatic rings. The Kier molecular flexibility index (Phi) is 6.99. The largest absolute Gasteiger partial charge is 0.481 e. The maximum Gasteiger partial charge on any atom is 0.303 e. The summed E-state index contributed by atoms with van der Waals surface area (Å²) >= 11 is 0. The number of aryl methyl sites for hydroxylation is 1. The van der Waals surface area contributed by atoms with Gasteiger partial charge in [0.1, 0.15) is 5.75 Å². The summed E-state index contributed by atoms with van der Waals surface area (Å²) in [5.74, 6) is -0.420. The Morgan fingerprint density at radius 2 is 1.67 bits per heavy atom. The molecule has 0 spiro atoms. The Hall–Kier alpha value is -2.82. The first-order valence-corrected chi connectivity index (χ1v) is 9.12. The molecule has 2 rings (SSSR count). The van der Waals surface area contributed by atoms with E-state index in [4.69, 9.17) is 9.84 Å². The van der Waals surface area contributed by atoms with E-state index in [0.717, 1.165) is 11.1 Å². The molecule has 0 fully saturated rings. The summed E-state index contributed by atoms with van der Waals surface area (Å²) in [6.07, 6.45) is -0.539. The van der Waals surface area contributed by atoms with Crippen LogP contribution in [-0.2, 0) is 9.59 Å². The van der Waals surface area contributed by atoms with Crippen LogP contribution in [0.2, 0.25) is 0 Å². The van der Waals surface area contributed by atoms with Crippen molar-refractivity contribution in [2.75, 3.05) is 5.32 Å². The predicted octanol–water partition coefficient (Wildman–Crippen LogP) is 4.62. The SMILES string of the molecule is Cc1ccccc1OC(C(=O)Nc1ccc(C(C)CC(=O)O)cc1)C(C)C. The number of hydrogen-bond donors (Lipinski definition) is 2. The van der Waals surface area contributed by atoms with Crippen LogP contribution in [0, 0.1) is 12.8 Å². The number of carbonyl (C=O) groups excluding carboxylic acids is 1. The zero-order chi connectivity index (χ0) is 20.0. The Labute approximate surface area is 160 Å². The highest BCUT2D eigenvalue weighted by Gasteiger charge is 2.25. The van der Waals surface area contributed by atoms with Gasteiger partial charge >= 0.3 is 5.97 Å². The molecule has 0 heterocycles. The average Bonchev–Trinajstić information content (AvgIpc) is 2.60. The molecular formula is C22H27NO4. The molecule has 0 aliphatic carbocycles. The molecule has 0 aliphatic rings. The standard InChI is InChI=1S/C22H27NO4/c1-14(2)21(27-19-8-6-5-7-15(19)3)22(26)23-18-11-9-17(10-12-18)16(4)13-20(24)25/h5-12,14,16,21H,13H2,1-4H3,(H,23,26)(H,24,25). The third-order valence-corrected chi connectivity index (χ3v) is 4.44. The summed E-state index contributed by atoms with van der Waals surface area (Å²) < 4.78 is 5.97. The Balaban J connectivity index is 2.07. The summed E-state index contributed by atoms with van der Waals surface area (Å²) in [7, 11) is 0. The average molecular weight is 369 g/mol. The van der Waals surface area contributed by atoms with E-state index in [-0.39, 0.29) is 24.2 Å². The van der Waals surface area contributed by atoms with Gasteiger partial charge in [-0.2, -0.15) is 0 Å². The topological polar surface area (TPSA) is 75.6 Å². The fourth-order valence-corrected chi connectivity index (χ4v) is 2.81. The smallest absolute Gasteiger partial charge is 0.303 e. The van der Waals surface area contributed by atoms with E-state index >= 15 is 0 Å². The lowest BCUT2D eigenvalue weighted by Gasteiger charge is -2.23. The lowest BCUT2D eigenvalue weighted by Crippen LogP contribution is -2.37. The van der Waals surface area contributed by atoms with Gasteiger partial charge in [-0.05, 0) is 48.1 Å². The van der Waals surface area contributed by atoms with Gasteiger partial charge in [0.2, 0.25) is 0 Å². The molecule has 5 nitrogen and oxygen atoms in total. The summed E-state index contributed by atoms with van der Waals surface area (Å²) in [5, 5.41) is 11.8. The highest BCUT2D eigenvalue weighted by atomic mass is 16.5. The number of benzene rings is 2. The lowest BCUT2D eigenvalue weighted by atomic mass is 9.97. The molecule has 2 aromatic carbocycles. The molecule has 0 aromatic heterocycles. The van der Waals surface area contributed by atoms with E-state index in [1.807, 2.05) is 64.1 Å². The van der Waals surface area contributed by atoms with Crippen molar-refractivity contribution in [1.82, 2.24) is 0 Å². The molecular weight excluding hydrogens is 342 g/mol. The Morgan fingerprint density at radius 3 is 2.22 bits per heavy atom. The summed E-state index contributed by atoms with van der Waals surface area (Å²) in [4.78, 5) is 23.6. The van der Waals surface area contributed by atoms with E-state index in [0.29, 0.717) is 11.4 Å². The lowest BCUT2D eigenvalue weighted by molar-refractivity contribution is -0.137. The van der Waals surface area contributed by atoms with Crippen molar-refractivity contribution >= 4 is 17.6 Å². The first-order valence-electron chi connectivity index (χ1n) is 9.12. The van der Waals surface area contributed by atoms with Crippen molar-refractivity contribution in [1.29, 1.82) is 0 Å². The molecule has 0 aliphatic heterocycles. The van der Waals surface area contributed by atoms with Crippen LogP contribution >= 0.6 is 0 Å². The highest BCUT2D eigenvalue weighted by Crippen LogP contribution is 2.23. The number of nitrogens with one attached hydrogen (secondary N) is 1. The van der Waals surface area contributed by atoms with Gasteiger partial charge in [-0.15, -0.1) is 0 Å². The highest BCUT2D eigenvalue weighted by molar-refractivity contribution is 5.94. The fourth-order valence-electron chi connectivity index (χ4n) is 2.81. The minimum Gasteiger partial charge on any atom is -0.481 e. The fraction of sp³-hybridized carbons (Fsp3) is 0.364. The maximum atomic E-state index is 12.7. The van der Waals surface area contributed by atoms with Crippen molar-refractivity contribution in [3.8, 4) is 5.75 Å². The van der Waals surface area contributed by atoms with Crippen LogP contribution in [0.3, 0.4) is 0 Å². The molecule has 0 saturated carbocycles. The maximum absolute atomic E-state index is 12.7. The molecule has 5 heteroatoms. The van der Waals surface area contributed by atoms with Gasteiger partial charge in [0.15, 0.2) is 6.10 Å². The molecule has 27 heavy (non-hydrogen) atoms. The first-order chi connectivity index (χ1) is 12.8. The minimum atomic E-state index is -0.826. The van der Waals surface area contributed by atoms with Gasteiger partial charge in [0.05, 0.1) is 6.42 Å². The third-order valence-electron chi connectivity index (χ3n) is 4.44. The molecule has 0 bridgehead atoms. The number of rotatable bonds is 8. The van der Waals surface area contributed by atoms with Crippen molar-refractivity contribution in [3.63, 3.8) is 0 Å². The van der Waals surface area contributed by atoms with Crippen LogP contribution in [0.4, 0.5) is 5.69 Å². The molecule has 0 saturated heterocycles. The van der Waals surface area contributed by atoms with Gasteiger partial charge in [-0.25, -0.2) is 0 Å².